The highest BCUT2D eigenvalue weighted by atomic mass is 16.3. The molecule has 2 fully saturated rings. The van der Waals surface area contributed by atoms with Gasteiger partial charge in [0.1, 0.15) is 12.4 Å². The predicted molar refractivity (Wildman–Crippen MR) is 94.8 cm³/mol. The molecule has 0 bridgehead atoms. The Bertz CT molecular complexity index is 673. The molecule has 136 valence electrons. The van der Waals surface area contributed by atoms with Crippen molar-refractivity contribution in [2.45, 2.75) is 52.9 Å². The van der Waals surface area contributed by atoms with Crippen LogP contribution in [0.2, 0.25) is 0 Å². The van der Waals surface area contributed by atoms with E-state index >= 15 is 0 Å². The van der Waals surface area contributed by atoms with Gasteiger partial charge in [-0.05, 0) is 49.2 Å². The number of hydrogen-bond acceptors (Lipinski definition) is 4. The molecular formula is C21H28O4. The molecule has 3 aliphatic carbocycles. The molecule has 0 saturated heterocycles. The molecule has 5 atom stereocenters. The Hall–Kier alpha value is -1.55. The highest BCUT2D eigenvalue weighted by Gasteiger charge is 2.57. The van der Waals surface area contributed by atoms with Crippen LogP contribution in [0.25, 0.3) is 0 Å². The van der Waals surface area contributed by atoms with Crippen LogP contribution in [0, 0.1) is 28.6 Å². The van der Waals surface area contributed by atoms with Crippen LogP contribution in [0.4, 0.5) is 0 Å². The first-order chi connectivity index (χ1) is 11.8. The van der Waals surface area contributed by atoms with Gasteiger partial charge in [0.15, 0.2) is 11.6 Å². The minimum atomic E-state index is -0.435. The van der Waals surface area contributed by atoms with Crippen molar-refractivity contribution in [3.8, 4) is 0 Å². The number of hydrogen-bond donors (Lipinski definition) is 1. The molecular weight excluding hydrogens is 316 g/mol. The maximum Gasteiger partial charge on any atom is 0.178 e. The summed E-state index contributed by atoms with van der Waals surface area (Å²) in [5.41, 5.74) is 0.303. The standard InChI is InChI=1S/C21H28O4/c1-4-13-9-15(23)7-8-20(13,2)17-10-14-5-6-16(19(25)12-22)21(14,3)11-18(17)24/h7-9,14,16-17,22H,4-6,10-12H2,1-3H3. The van der Waals surface area contributed by atoms with Gasteiger partial charge in [-0.1, -0.05) is 32.4 Å². The lowest BCUT2D eigenvalue weighted by Gasteiger charge is -2.48. The first-order valence-corrected chi connectivity index (χ1v) is 9.36. The highest BCUT2D eigenvalue weighted by molar-refractivity contribution is 6.01. The summed E-state index contributed by atoms with van der Waals surface area (Å²) in [4.78, 5) is 37.0. The summed E-state index contributed by atoms with van der Waals surface area (Å²) in [7, 11) is 0. The maximum atomic E-state index is 13.1. The van der Waals surface area contributed by atoms with Gasteiger partial charge in [-0.2, -0.15) is 0 Å². The molecule has 4 nitrogen and oxygen atoms in total. The highest BCUT2D eigenvalue weighted by Crippen LogP contribution is 2.59. The third-order valence-corrected chi connectivity index (χ3v) is 7.25. The van der Waals surface area contributed by atoms with Gasteiger partial charge < -0.3 is 5.11 Å². The van der Waals surface area contributed by atoms with Crippen molar-refractivity contribution in [3.63, 3.8) is 0 Å². The fourth-order valence-corrected chi connectivity index (χ4v) is 5.66. The van der Waals surface area contributed by atoms with E-state index in [1.807, 2.05) is 13.0 Å². The van der Waals surface area contributed by atoms with E-state index in [2.05, 4.69) is 13.8 Å². The van der Waals surface area contributed by atoms with Crippen LogP contribution in [0.3, 0.4) is 0 Å². The van der Waals surface area contributed by atoms with Crippen molar-refractivity contribution in [2.24, 2.45) is 28.6 Å². The summed E-state index contributed by atoms with van der Waals surface area (Å²) in [5, 5.41) is 9.27. The lowest BCUT2D eigenvalue weighted by atomic mass is 9.55. The zero-order valence-electron chi connectivity index (χ0n) is 15.4. The van der Waals surface area contributed by atoms with Crippen molar-refractivity contribution in [1.29, 1.82) is 0 Å². The summed E-state index contributed by atoms with van der Waals surface area (Å²) >= 11 is 0. The second kappa shape index (κ2) is 6.31. The van der Waals surface area contributed by atoms with Crippen LogP contribution in [-0.2, 0) is 14.4 Å². The summed E-state index contributed by atoms with van der Waals surface area (Å²) in [6.07, 6.45) is 8.81. The van der Waals surface area contributed by atoms with E-state index < -0.39 is 12.0 Å². The van der Waals surface area contributed by atoms with Gasteiger partial charge in [-0.25, -0.2) is 0 Å². The molecule has 0 amide bonds. The Morgan fingerprint density at radius 3 is 2.64 bits per heavy atom. The number of fused-ring (bicyclic) bond motifs is 1. The molecule has 0 aromatic heterocycles. The molecule has 4 heteroatoms. The Morgan fingerprint density at radius 1 is 1.28 bits per heavy atom. The molecule has 3 aliphatic rings. The average molecular weight is 344 g/mol. The van der Waals surface area contributed by atoms with Gasteiger partial charge in [0, 0.05) is 23.7 Å². The largest absolute Gasteiger partial charge is 0.389 e. The molecule has 3 rings (SSSR count). The topological polar surface area (TPSA) is 71.4 Å². The Kier molecular flexibility index (Phi) is 4.61. The van der Waals surface area contributed by atoms with Crippen LogP contribution in [0.15, 0.2) is 23.8 Å². The second-order valence-corrected chi connectivity index (χ2v) is 8.43. The smallest absolute Gasteiger partial charge is 0.178 e. The van der Waals surface area contributed by atoms with Gasteiger partial charge in [0.2, 0.25) is 0 Å². The number of carbonyl (C=O) groups excluding carboxylic acids is 3. The number of carbonyl (C=O) groups is 3. The van der Waals surface area contributed by atoms with Gasteiger partial charge >= 0.3 is 0 Å². The van der Waals surface area contributed by atoms with Crippen molar-refractivity contribution in [2.75, 3.05) is 6.61 Å². The summed E-state index contributed by atoms with van der Waals surface area (Å²) in [5.74, 6) is 0.0412. The Labute approximate surface area is 149 Å². The first-order valence-electron chi connectivity index (χ1n) is 9.36. The van der Waals surface area contributed by atoms with E-state index in [0.717, 1.165) is 31.3 Å². The molecule has 0 aromatic rings. The Balaban J connectivity index is 1.90. The Morgan fingerprint density at radius 2 is 2.00 bits per heavy atom. The van der Waals surface area contributed by atoms with Crippen molar-refractivity contribution in [3.05, 3.63) is 23.8 Å². The van der Waals surface area contributed by atoms with Crippen LogP contribution < -0.4 is 0 Å². The number of aliphatic hydroxyl groups excluding tert-OH is 1. The molecule has 25 heavy (non-hydrogen) atoms. The van der Waals surface area contributed by atoms with Crippen LogP contribution >= 0.6 is 0 Å². The molecule has 5 unspecified atom stereocenters. The van der Waals surface area contributed by atoms with Crippen LogP contribution in [0.1, 0.15) is 52.9 Å². The zero-order valence-corrected chi connectivity index (χ0v) is 15.4. The maximum absolute atomic E-state index is 13.1. The molecule has 0 aromatic carbocycles. The van der Waals surface area contributed by atoms with Gasteiger partial charge in [0.05, 0.1) is 0 Å². The van der Waals surface area contributed by atoms with Crippen molar-refractivity contribution < 1.29 is 19.5 Å². The minimum absolute atomic E-state index is 0.00288. The molecule has 0 heterocycles. The third kappa shape index (κ3) is 2.75. The monoisotopic (exact) mass is 344 g/mol. The quantitative estimate of drug-likeness (QED) is 0.851. The molecule has 0 aliphatic heterocycles. The average Bonchev–Trinajstić information content (AvgIpc) is 2.91. The van der Waals surface area contributed by atoms with Gasteiger partial charge in [0.25, 0.3) is 0 Å². The predicted octanol–water partition coefficient (Wildman–Crippen LogP) is 3.04. The SMILES string of the molecule is CCC1=CC(=O)C=CC1(C)C1CC2CCC(C(=O)CO)C2(C)CC1=O. The number of rotatable bonds is 4. The molecule has 2 saturated carbocycles. The summed E-state index contributed by atoms with van der Waals surface area (Å²) in [6.45, 7) is 5.72. The number of Topliss-reactive ketones (excluding diaryl/α,β-unsaturated/α-hetero) is 2. The summed E-state index contributed by atoms with van der Waals surface area (Å²) < 4.78 is 0. The van der Waals surface area contributed by atoms with Gasteiger partial charge in [-0.15, -0.1) is 0 Å². The minimum Gasteiger partial charge on any atom is -0.389 e. The van der Waals surface area contributed by atoms with E-state index in [1.54, 1.807) is 12.2 Å². The van der Waals surface area contributed by atoms with E-state index in [-0.39, 0.29) is 34.6 Å². The fourth-order valence-electron chi connectivity index (χ4n) is 5.66. The summed E-state index contributed by atoms with van der Waals surface area (Å²) in [6, 6.07) is 0. The second-order valence-electron chi connectivity index (χ2n) is 8.43. The fraction of sp³-hybridized carbons (Fsp3) is 0.667. The van der Waals surface area contributed by atoms with E-state index in [1.165, 1.54) is 0 Å². The first kappa shape index (κ1) is 18.2. The van der Waals surface area contributed by atoms with E-state index in [9.17, 15) is 19.5 Å². The van der Waals surface area contributed by atoms with Crippen LogP contribution in [0.5, 0.6) is 0 Å². The normalized spacial score (nSPS) is 40.8. The number of allylic oxidation sites excluding steroid dienone is 4. The number of aliphatic hydroxyl groups is 1. The van der Waals surface area contributed by atoms with E-state index in [4.69, 9.17) is 0 Å². The number of ketones is 3. The van der Waals surface area contributed by atoms with Gasteiger partial charge in [-0.3, -0.25) is 14.4 Å². The molecule has 0 radical (unpaired) electrons. The zero-order chi connectivity index (χ0) is 18.4. The van der Waals surface area contributed by atoms with Crippen molar-refractivity contribution >= 4 is 17.3 Å². The van der Waals surface area contributed by atoms with Crippen molar-refractivity contribution in [1.82, 2.24) is 0 Å². The lowest BCUT2D eigenvalue weighted by molar-refractivity contribution is -0.139. The lowest BCUT2D eigenvalue weighted by Crippen LogP contribution is -2.47. The third-order valence-electron chi connectivity index (χ3n) is 7.25. The molecule has 0 spiro atoms. The van der Waals surface area contributed by atoms with Crippen LogP contribution in [-0.4, -0.2) is 29.1 Å². The van der Waals surface area contributed by atoms with E-state index in [0.29, 0.717) is 12.3 Å². The molecule has 1 N–H and O–H groups in total.